The number of amides is 1. The van der Waals surface area contributed by atoms with Crippen molar-refractivity contribution in [3.05, 3.63) is 23.0 Å². The zero-order chi connectivity index (χ0) is 12.8. The predicted molar refractivity (Wildman–Crippen MR) is 64.0 cm³/mol. The summed E-state index contributed by atoms with van der Waals surface area (Å²) in [4.78, 5) is 27.3. The van der Waals surface area contributed by atoms with Gasteiger partial charge in [0.2, 0.25) is 0 Å². The molecule has 0 radical (unpaired) electrons. The second kappa shape index (κ2) is 6.30. The standard InChI is InChI=1S/C11H15ClN2O3/c1-3-14(5-4-10(15)17-2)11(16)9-6-8(12)7-13-9/h6-7,13H,3-5H2,1-2H3. The summed E-state index contributed by atoms with van der Waals surface area (Å²) >= 11 is 5.73. The van der Waals surface area contributed by atoms with Gasteiger partial charge in [-0.2, -0.15) is 0 Å². The predicted octanol–water partition coefficient (Wildman–Crippen LogP) is 1.69. The van der Waals surface area contributed by atoms with Crippen molar-refractivity contribution in [2.24, 2.45) is 0 Å². The second-order valence-corrected chi connectivity index (χ2v) is 3.88. The molecule has 0 saturated heterocycles. The van der Waals surface area contributed by atoms with Gasteiger partial charge in [-0.05, 0) is 13.0 Å². The number of methoxy groups -OCH3 is 1. The Labute approximate surface area is 105 Å². The van der Waals surface area contributed by atoms with E-state index in [0.717, 1.165) is 0 Å². The number of nitrogens with zero attached hydrogens (tertiary/aromatic N) is 1. The van der Waals surface area contributed by atoms with Crippen molar-refractivity contribution in [1.82, 2.24) is 9.88 Å². The summed E-state index contributed by atoms with van der Waals surface area (Å²) in [5.41, 5.74) is 0.418. The van der Waals surface area contributed by atoms with Crippen LogP contribution in [-0.4, -0.2) is 42.0 Å². The van der Waals surface area contributed by atoms with Crippen molar-refractivity contribution < 1.29 is 14.3 Å². The molecule has 0 aliphatic carbocycles. The van der Waals surface area contributed by atoms with Gasteiger partial charge >= 0.3 is 5.97 Å². The molecule has 0 fully saturated rings. The maximum Gasteiger partial charge on any atom is 0.307 e. The first-order chi connectivity index (χ1) is 8.08. The molecule has 0 saturated carbocycles. The van der Waals surface area contributed by atoms with Crippen LogP contribution in [0.3, 0.4) is 0 Å². The quantitative estimate of drug-likeness (QED) is 0.818. The van der Waals surface area contributed by atoms with Gasteiger partial charge in [0.05, 0.1) is 18.6 Å². The highest BCUT2D eigenvalue weighted by molar-refractivity contribution is 6.30. The molecule has 0 bridgehead atoms. The molecule has 0 aromatic carbocycles. The highest BCUT2D eigenvalue weighted by Gasteiger charge is 2.16. The minimum atomic E-state index is -0.333. The van der Waals surface area contributed by atoms with Crippen LogP contribution in [0.1, 0.15) is 23.8 Å². The van der Waals surface area contributed by atoms with Crippen molar-refractivity contribution in [2.45, 2.75) is 13.3 Å². The van der Waals surface area contributed by atoms with Crippen molar-refractivity contribution in [1.29, 1.82) is 0 Å². The maximum atomic E-state index is 12.0. The first kappa shape index (κ1) is 13.6. The smallest absolute Gasteiger partial charge is 0.307 e. The molecule has 6 heteroatoms. The average molecular weight is 259 g/mol. The van der Waals surface area contributed by atoms with E-state index >= 15 is 0 Å². The lowest BCUT2D eigenvalue weighted by Gasteiger charge is -2.19. The molecule has 0 aliphatic rings. The van der Waals surface area contributed by atoms with Crippen LogP contribution in [0.15, 0.2) is 12.3 Å². The van der Waals surface area contributed by atoms with Gasteiger partial charge in [0.15, 0.2) is 0 Å². The highest BCUT2D eigenvalue weighted by Crippen LogP contribution is 2.11. The van der Waals surface area contributed by atoms with Gasteiger partial charge in [0.25, 0.3) is 5.91 Å². The van der Waals surface area contributed by atoms with Crippen molar-refractivity contribution in [3.63, 3.8) is 0 Å². The third-order valence-electron chi connectivity index (χ3n) is 2.36. The number of H-pyrrole nitrogens is 1. The number of hydrogen-bond acceptors (Lipinski definition) is 3. The third kappa shape index (κ3) is 3.78. The summed E-state index contributed by atoms with van der Waals surface area (Å²) in [6.45, 7) is 2.70. The van der Waals surface area contributed by atoms with E-state index in [4.69, 9.17) is 11.6 Å². The normalized spacial score (nSPS) is 10.1. The zero-order valence-electron chi connectivity index (χ0n) is 9.83. The van der Waals surface area contributed by atoms with Crippen LogP contribution < -0.4 is 0 Å². The topological polar surface area (TPSA) is 62.4 Å². The molecule has 94 valence electrons. The zero-order valence-corrected chi connectivity index (χ0v) is 10.6. The van der Waals surface area contributed by atoms with Crippen LogP contribution in [-0.2, 0) is 9.53 Å². The number of esters is 1. The Hall–Kier alpha value is -1.49. The minimum absolute atomic E-state index is 0.177. The molecule has 0 unspecified atom stereocenters. The molecule has 5 nitrogen and oxygen atoms in total. The number of aromatic amines is 1. The highest BCUT2D eigenvalue weighted by atomic mass is 35.5. The Morgan fingerprint density at radius 1 is 1.53 bits per heavy atom. The molecule has 0 spiro atoms. The van der Waals surface area contributed by atoms with Crippen LogP contribution in [0, 0.1) is 0 Å². The van der Waals surface area contributed by atoms with E-state index in [9.17, 15) is 9.59 Å². The van der Waals surface area contributed by atoms with E-state index in [0.29, 0.717) is 23.8 Å². The average Bonchev–Trinajstić information content (AvgIpc) is 2.76. The monoisotopic (exact) mass is 258 g/mol. The largest absolute Gasteiger partial charge is 0.469 e. The Kier molecular flexibility index (Phi) is 5.03. The molecular weight excluding hydrogens is 244 g/mol. The molecule has 1 rings (SSSR count). The van der Waals surface area contributed by atoms with E-state index < -0.39 is 0 Å². The fraction of sp³-hybridized carbons (Fsp3) is 0.455. The molecule has 0 aliphatic heterocycles. The Balaban J connectivity index is 2.61. The number of ether oxygens (including phenoxy) is 1. The molecule has 1 aromatic heterocycles. The summed E-state index contributed by atoms with van der Waals surface area (Å²) in [5.74, 6) is -0.510. The van der Waals surface area contributed by atoms with Crippen molar-refractivity contribution in [3.8, 4) is 0 Å². The maximum absolute atomic E-state index is 12.0. The van der Waals surface area contributed by atoms with Crippen molar-refractivity contribution >= 4 is 23.5 Å². The second-order valence-electron chi connectivity index (χ2n) is 3.44. The van der Waals surface area contributed by atoms with Gasteiger partial charge in [-0.1, -0.05) is 11.6 Å². The number of nitrogens with one attached hydrogen (secondary N) is 1. The van der Waals surface area contributed by atoms with Crippen LogP contribution in [0.2, 0.25) is 5.02 Å². The van der Waals surface area contributed by atoms with Gasteiger partial charge in [-0.15, -0.1) is 0 Å². The number of rotatable bonds is 5. The lowest BCUT2D eigenvalue weighted by molar-refractivity contribution is -0.140. The Morgan fingerprint density at radius 2 is 2.24 bits per heavy atom. The van der Waals surface area contributed by atoms with Gasteiger partial charge in [0, 0.05) is 19.3 Å². The Morgan fingerprint density at radius 3 is 2.71 bits per heavy atom. The van der Waals surface area contributed by atoms with Gasteiger partial charge < -0.3 is 14.6 Å². The number of carbonyl (C=O) groups is 2. The van der Waals surface area contributed by atoms with Crippen LogP contribution in [0.5, 0.6) is 0 Å². The van der Waals surface area contributed by atoms with E-state index in [-0.39, 0.29) is 18.3 Å². The Bertz CT molecular complexity index is 403. The molecule has 1 amide bonds. The summed E-state index contributed by atoms with van der Waals surface area (Å²) in [6, 6.07) is 1.56. The number of halogens is 1. The van der Waals surface area contributed by atoms with E-state index in [1.807, 2.05) is 6.92 Å². The summed E-state index contributed by atoms with van der Waals surface area (Å²) in [6.07, 6.45) is 1.73. The first-order valence-corrected chi connectivity index (χ1v) is 5.66. The lowest BCUT2D eigenvalue weighted by atomic mass is 10.3. The van der Waals surface area contributed by atoms with Gasteiger partial charge in [-0.25, -0.2) is 0 Å². The van der Waals surface area contributed by atoms with Crippen LogP contribution >= 0.6 is 11.6 Å². The number of carbonyl (C=O) groups excluding carboxylic acids is 2. The molecule has 1 heterocycles. The van der Waals surface area contributed by atoms with E-state index in [1.165, 1.54) is 7.11 Å². The lowest BCUT2D eigenvalue weighted by Crippen LogP contribution is -2.33. The van der Waals surface area contributed by atoms with Crippen LogP contribution in [0.4, 0.5) is 0 Å². The first-order valence-electron chi connectivity index (χ1n) is 5.28. The SMILES string of the molecule is CCN(CCC(=O)OC)C(=O)c1cc(Cl)c[nH]1. The summed E-state index contributed by atoms with van der Waals surface area (Å²) < 4.78 is 4.53. The summed E-state index contributed by atoms with van der Waals surface area (Å²) in [7, 11) is 1.32. The fourth-order valence-electron chi connectivity index (χ4n) is 1.39. The minimum Gasteiger partial charge on any atom is -0.469 e. The summed E-state index contributed by atoms with van der Waals surface area (Å²) in [5, 5.41) is 0.484. The number of hydrogen-bond donors (Lipinski definition) is 1. The number of aromatic nitrogens is 1. The van der Waals surface area contributed by atoms with E-state index in [1.54, 1.807) is 17.2 Å². The fourth-order valence-corrected chi connectivity index (χ4v) is 1.56. The van der Waals surface area contributed by atoms with Gasteiger partial charge in [0.1, 0.15) is 5.69 Å². The van der Waals surface area contributed by atoms with E-state index in [2.05, 4.69) is 9.72 Å². The third-order valence-corrected chi connectivity index (χ3v) is 2.58. The van der Waals surface area contributed by atoms with Crippen LogP contribution in [0.25, 0.3) is 0 Å². The molecular formula is C11H15ClN2O3. The van der Waals surface area contributed by atoms with Gasteiger partial charge in [-0.3, -0.25) is 9.59 Å². The van der Waals surface area contributed by atoms with Crippen molar-refractivity contribution in [2.75, 3.05) is 20.2 Å². The molecule has 0 atom stereocenters. The molecule has 17 heavy (non-hydrogen) atoms. The molecule has 1 aromatic rings. The molecule has 1 N–H and O–H groups in total.